The van der Waals surface area contributed by atoms with Crippen molar-refractivity contribution >= 4 is 0 Å². The molecule has 0 saturated heterocycles. The van der Waals surface area contributed by atoms with Gasteiger partial charge in [0.1, 0.15) is 0 Å². The molecule has 130 valence electrons. The van der Waals surface area contributed by atoms with E-state index in [1.807, 2.05) is 6.07 Å². The van der Waals surface area contributed by atoms with Crippen LogP contribution in [0.4, 0.5) is 0 Å². The summed E-state index contributed by atoms with van der Waals surface area (Å²) in [5, 5.41) is 11.0. The summed E-state index contributed by atoms with van der Waals surface area (Å²) in [7, 11) is 4.72. The molecule has 0 bridgehead atoms. The molecule has 5 heteroatoms. The molecular formula is C18H29NO4. The van der Waals surface area contributed by atoms with Crippen LogP contribution >= 0.6 is 0 Å². The number of hydrogen-bond donors (Lipinski definition) is 2. The van der Waals surface area contributed by atoms with E-state index in [0.717, 1.165) is 25.7 Å². The minimum atomic E-state index is -0.669. The van der Waals surface area contributed by atoms with Crippen molar-refractivity contribution in [3.05, 3.63) is 17.7 Å². The van der Waals surface area contributed by atoms with Gasteiger partial charge in [0.2, 0.25) is 5.75 Å². The Kier molecular flexibility index (Phi) is 6.54. The molecule has 2 rings (SSSR count). The van der Waals surface area contributed by atoms with Gasteiger partial charge < -0.3 is 25.1 Å². The fourth-order valence-corrected chi connectivity index (χ4v) is 3.52. The quantitative estimate of drug-likeness (QED) is 0.871. The first-order valence-electron chi connectivity index (χ1n) is 8.36. The smallest absolute Gasteiger partial charge is 0.203 e. The maximum absolute atomic E-state index is 11.0. The molecule has 0 radical (unpaired) electrons. The Morgan fingerprint density at radius 3 is 2.22 bits per heavy atom. The van der Waals surface area contributed by atoms with Gasteiger partial charge in [-0.3, -0.25) is 0 Å². The molecular weight excluding hydrogens is 294 g/mol. The molecule has 0 spiro atoms. The number of methoxy groups -OCH3 is 3. The molecule has 1 saturated carbocycles. The van der Waals surface area contributed by atoms with Crippen LogP contribution in [0.3, 0.4) is 0 Å². The zero-order valence-corrected chi connectivity index (χ0v) is 14.4. The van der Waals surface area contributed by atoms with E-state index in [-0.39, 0.29) is 12.0 Å². The molecule has 0 heterocycles. The van der Waals surface area contributed by atoms with Crippen molar-refractivity contribution in [3.8, 4) is 17.2 Å². The normalized spacial score (nSPS) is 23.5. The lowest BCUT2D eigenvalue weighted by Crippen LogP contribution is -2.35. The third-order valence-electron chi connectivity index (χ3n) is 4.83. The van der Waals surface area contributed by atoms with Crippen LogP contribution in [0.15, 0.2) is 12.1 Å². The summed E-state index contributed by atoms with van der Waals surface area (Å²) < 4.78 is 16.2. The summed E-state index contributed by atoms with van der Waals surface area (Å²) >= 11 is 0. The van der Waals surface area contributed by atoms with Gasteiger partial charge in [0, 0.05) is 17.5 Å². The predicted molar refractivity (Wildman–Crippen MR) is 90.2 cm³/mol. The number of aliphatic hydroxyl groups is 1. The summed E-state index contributed by atoms with van der Waals surface area (Å²) in [6.07, 6.45) is 5.89. The molecule has 3 atom stereocenters. The first-order chi connectivity index (χ1) is 11.1. The van der Waals surface area contributed by atoms with Crippen molar-refractivity contribution in [2.24, 2.45) is 11.7 Å². The van der Waals surface area contributed by atoms with Gasteiger partial charge in [-0.2, -0.15) is 0 Å². The molecule has 0 aromatic heterocycles. The Morgan fingerprint density at radius 2 is 1.61 bits per heavy atom. The lowest BCUT2D eigenvalue weighted by molar-refractivity contribution is 0.0769. The maximum atomic E-state index is 11.0. The largest absolute Gasteiger partial charge is 0.493 e. The van der Waals surface area contributed by atoms with Gasteiger partial charge in [0.05, 0.1) is 27.4 Å². The molecule has 5 nitrogen and oxygen atoms in total. The molecule has 1 aromatic rings. The summed E-state index contributed by atoms with van der Waals surface area (Å²) in [5.74, 6) is 1.64. The summed E-state index contributed by atoms with van der Waals surface area (Å²) in [5.41, 5.74) is 7.06. The molecule has 1 aromatic carbocycles. The third kappa shape index (κ3) is 3.90. The molecule has 3 unspecified atom stereocenters. The van der Waals surface area contributed by atoms with E-state index in [4.69, 9.17) is 19.9 Å². The van der Waals surface area contributed by atoms with Crippen LogP contribution < -0.4 is 19.9 Å². The minimum absolute atomic E-state index is 0.00287. The highest BCUT2D eigenvalue weighted by Crippen LogP contribution is 2.45. The Morgan fingerprint density at radius 1 is 0.957 bits per heavy atom. The van der Waals surface area contributed by atoms with Crippen LogP contribution in [0.2, 0.25) is 0 Å². The Labute approximate surface area is 138 Å². The second kappa shape index (κ2) is 8.41. The minimum Gasteiger partial charge on any atom is -0.493 e. The van der Waals surface area contributed by atoms with Gasteiger partial charge in [0.25, 0.3) is 0 Å². The summed E-state index contributed by atoms with van der Waals surface area (Å²) in [6.45, 7) is 0. The van der Waals surface area contributed by atoms with Crippen LogP contribution in [0.1, 0.15) is 50.2 Å². The highest BCUT2D eigenvalue weighted by molar-refractivity contribution is 5.56. The van der Waals surface area contributed by atoms with E-state index in [0.29, 0.717) is 22.8 Å². The van der Waals surface area contributed by atoms with E-state index >= 15 is 0 Å². The fraction of sp³-hybridized carbons (Fsp3) is 0.667. The molecule has 1 fully saturated rings. The van der Waals surface area contributed by atoms with E-state index in [9.17, 15) is 5.11 Å². The van der Waals surface area contributed by atoms with Crippen molar-refractivity contribution in [1.82, 2.24) is 0 Å². The average Bonchev–Trinajstić information content (AvgIpc) is 2.56. The Bertz CT molecular complexity index is 506. The second-order valence-electron chi connectivity index (χ2n) is 6.19. The van der Waals surface area contributed by atoms with E-state index < -0.39 is 6.10 Å². The van der Waals surface area contributed by atoms with Crippen molar-refractivity contribution in [2.45, 2.75) is 50.7 Å². The molecule has 0 amide bonds. The van der Waals surface area contributed by atoms with Crippen LogP contribution in [-0.4, -0.2) is 32.5 Å². The third-order valence-corrected chi connectivity index (χ3v) is 4.83. The number of nitrogens with two attached hydrogens (primary N) is 1. The first kappa shape index (κ1) is 17.9. The zero-order chi connectivity index (χ0) is 16.8. The maximum Gasteiger partial charge on any atom is 0.203 e. The number of hydrogen-bond acceptors (Lipinski definition) is 5. The van der Waals surface area contributed by atoms with Gasteiger partial charge in [0.15, 0.2) is 11.5 Å². The highest BCUT2D eigenvalue weighted by Gasteiger charge is 2.31. The van der Waals surface area contributed by atoms with Crippen molar-refractivity contribution in [2.75, 3.05) is 21.3 Å². The van der Waals surface area contributed by atoms with Gasteiger partial charge >= 0.3 is 0 Å². The lowest BCUT2D eigenvalue weighted by atomic mass is 9.81. The lowest BCUT2D eigenvalue weighted by Gasteiger charge is -2.31. The predicted octanol–water partition coefficient (Wildman–Crippen LogP) is 3.04. The monoisotopic (exact) mass is 323 g/mol. The van der Waals surface area contributed by atoms with Crippen molar-refractivity contribution in [3.63, 3.8) is 0 Å². The zero-order valence-electron chi connectivity index (χ0n) is 14.4. The summed E-state index contributed by atoms with van der Waals surface area (Å²) in [6, 6.07) is 3.65. The SMILES string of the molecule is COc1ccc(C(O)C2CCCCCCC2N)c(OC)c1OC. The number of benzene rings is 1. The first-order valence-corrected chi connectivity index (χ1v) is 8.36. The van der Waals surface area contributed by atoms with Gasteiger partial charge in [-0.05, 0) is 25.0 Å². The molecule has 23 heavy (non-hydrogen) atoms. The molecule has 0 aliphatic heterocycles. The standard InChI is InChI=1S/C18H29NO4/c1-21-15-11-10-13(17(22-2)18(15)23-3)16(20)12-8-6-4-5-7-9-14(12)19/h10-12,14,16,20H,4-9,19H2,1-3H3. The Hall–Kier alpha value is -1.46. The van der Waals surface area contributed by atoms with Crippen LogP contribution in [0.25, 0.3) is 0 Å². The van der Waals surface area contributed by atoms with Gasteiger partial charge in [-0.25, -0.2) is 0 Å². The molecule has 3 N–H and O–H groups in total. The van der Waals surface area contributed by atoms with E-state index in [2.05, 4.69) is 0 Å². The van der Waals surface area contributed by atoms with E-state index in [1.165, 1.54) is 12.8 Å². The highest BCUT2D eigenvalue weighted by atomic mass is 16.5. The Balaban J connectivity index is 2.35. The fourth-order valence-electron chi connectivity index (χ4n) is 3.52. The topological polar surface area (TPSA) is 73.9 Å². The number of aliphatic hydroxyl groups excluding tert-OH is 1. The van der Waals surface area contributed by atoms with Crippen molar-refractivity contribution in [1.29, 1.82) is 0 Å². The van der Waals surface area contributed by atoms with Crippen molar-refractivity contribution < 1.29 is 19.3 Å². The van der Waals surface area contributed by atoms with Crippen LogP contribution in [-0.2, 0) is 0 Å². The van der Waals surface area contributed by atoms with Gasteiger partial charge in [-0.15, -0.1) is 0 Å². The number of ether oxygens (including phenoxy) is 3. The van der Waals surface area contributed by atoms with E-state index in [1.54, 1.807) is 27.4 Å². The number of rotatable bonds is 5. The molecule has 1 aliphatic rings. The van der Waals surface area contributed by atoms with Gasteiger partial charge in [-0.1, -0.05) is 25.7 Å². The summed E-state index contributed by atoms with van der Waals surface area (Å²) in [4.78, 5) is 0. The van der Waals surface area contributed by atoms with Crippen LogP contribution in [0.5, 0.6) is 17.2 Å². The molecule has 1 aliphatic carbocycles. The average molecular weight is 323 g/mol. The van der Waals surface area contributed by atoms with Crippen LogP contribution in [0, 0.1) is 5.92 Å². The second-order valence-corrected chi connectivity index (χ2v) is 6.19.